The molecule has 2 aromatic heterocycles. The van der Waals surface area contributed by atoms with E-state index in [2.05, 4.69) is 26.7 Å². The lowest BCUT2D eigenvalue weighted by Crippen LogP contribution is -2.19. The Balaban J connectivity index is 0.00000272. The fourth-order valence-corrected chi connectivity index (χ4v) is 3.93. The van der Waals surface area contributed by atoms with Crippen molar-refractivity contribution in [3.8, 4) is 6.07 Å². The SMILES string of the molecule is Cl.N#CC1(c2ccc(NC(=O)c3cccnc3NCc3ccncc3)cc2)CCCC1. The van der Waals surface area contributed by atoms with Gasteiger partial charge in [-0.05, 0) is 60.4 Å². The van der Waals surface area contributed by atoms with E-state index in [1.165, 1.54) is 0 Å². The zero-order chi connectivity index (χ0) is 20.8. The number of anilines is 2. The van der Waals surface area contributed by atoms with Crippen LogP contribution in [0.1, 0.15) is 47.2 Å². The molecule has 158 valence electrons. The summed E-state index contributed by atoms with van der Waals surface area (Å²) in [5, 5.41) is 15.8. The van der Waals surface area contributed by atoms with Crippen molar-refractivity contribution in [1.29, 1.82) is 5.26 Å². The van der Waals surface area contributed by atoms with E-state index < -0.39 is 0 Å². The van der Waals surface area contributed by atoms with Gasteiger partial charge in [0.25, 0.3) is 5.91 Å². The highest BCUT2D eigenvalue weighted by molar-refractivity contribution is 6.07. The number of nitrogens with zero attached hydrogens (tertiary/aromatic N) is 3. The zero-order valence-electron chi connectivity index (χ0n) is 17.0. The van der Waals surface area contributed by atoms with Crippen molar-refractivity contribution >= 4 is 29.8 Å². The summed E-state index contributed by atoms with van der Waals surface area (Å²) in [7, 11) is 0. The van der Waals surface area contributed by atoms with Crippen LogP contribution in [0.25, 0.3) is 0 Å². The molecule has 1 saturated carbocycles. The Hall–Kier alpha value is -3.43. The number of carbonyl (C=O) groups is 1. The monoisotopic (exact) mass is 433 g/mol. The van der Waals surface area contributed by atoms with Crippen molar-refractivity contribution in [3.63, 3.8) is 0 Å². The fourth-order valence-electron chi connectivity index (χ4n) is 3.93. The van der Waals surface area contributed by atoms with Crippen LogP contribution >= 0.6 is 12.4 Å². The Kier molecular flexibility index (Phi) is 7.22. The molecule has 1 amide bonds. The third kappa shape index (κ3) is 5.01. The molecular formula is C24H24ClN5O. The van der Waals surface area contributed by atoms with Crippen LogP contribution in [0.5, 0.6) is 0 Å². The number of carbonyl (C=O) groups excluding carboxylic acids is 1. The topological polar surface area (TPSA) is 90.7 Å². The maximum absolute atomic E-state index is 12.9. The first-order chi connectivity index (χ1) is 14.7. The number of benzene rings is 1. The summed E-state index contributed by atoms with van der Waals surface area (Å²) in [6.45, 7) is 0.546. The molecule has 0 saturated heterocycles. The van der Waals surface area contributed by atoms with Crippen LogP contribution in [0.15, 0.2) is 67.1 Å². The predicted octanol–water partition coefficient (Wildman–Crippen LogP) is 5.10. The van der Waals surface area contributed by atoms with E-state index in [0.717, 1.165) is 36.8 Å². The summed E-state index contributed by atoms with van der Waals surface area (Å²) >= 11 is 0. The van der Waals surface area contributed by atoms with Gasteiger partial charge in [0.15, 0.2) is 0 Å². The average Bonchev–Trinajstić information content (AvgIpc) is 3.29. The van der Waals surface area contributed by atoms with Gasteiger partial charge in [0.2, 0.25) is 0 Å². The largest absolute Gasteiger partial charge is 0.365 e. The van der Waals surface area contributed by atoms with Crippen LogP contribution in [0.2, 0.25) is 0 Å². The van der Waals surface area contributed by atoms with Gasteiger partial charge in [0.1, 0.15) is 5.82 Å². The first kappa shape index (κ1) is 22.3. The van der Waals surface area contributed by atoms with Gasteiger partial charge in [0.05, 0.1) is 17.0 Å². The fraction of sp³-hybridized carbons (Fsp3) is 0.250. The smallest absolute Gasteiger partial charge is 0.259 e. The second-order valence-electron chi connectivity index (χ2n) is 7.54. The van der Waals surface area contributed by atoms with Crippen molar-refractivity contribution < 1.29 is 4.79 Å². The molecule has 0 atom stereocenters. The van der Waals surface area contributed by atoms with Gasteiger partial charge in [-0.2, -0.15) is 5.26 Å². The second kappa shape index (κ2) is 10.1. The van der Waals surface area contributed by atoms with Crippen molar-refractivity contribution in [2.75, 3.05) is 10.6 Å². The Morgan fingerprint density at radius 1 is 1.03 bits per heavy atom. The molecule has 0 spiro atoms. The van der Waals surface area contributed by atoms with Gasteiger partial charge in [-0.15, -0.1) is 12.4 Å². The van der Waals surface area contributed by atoms with Crippen LogP contribution in [0.4, 0.5) is 11.5 Å². The summed E-state index contributed by atoms with van der Waals surface area (Å²) in [5.74, 6) is 0.293. The number of nitriles is 1. The minimum atomic E-state index is -0.379. The van der Waals surface area contributed by atoms with Gasteiger partial charge in [0, 0.05) is 30.8 Å². The molecule has 1 aromatic carbocycles. The van der Waals surface area contributed by atoms with Gasteiger partial charge < -0.3 is 10.6 Å². The lowest BCUT2D eigenvalue weighted by molar-refractivity contribution is 0.102. The molecule has 1 aliphatic carbocycles. The number of halogens is 1. The van der Waals surface area contributed by atoms with Crippen molar-refractivity contribution in [1.82, 2.24) is 9.97 Å². The number of pyridine rings is 2. The molecule has 0 unspecified atom stereocenters. The van der Waals surface area contributed by atoms with E-state index in [0.29, 0.717) is 23.6 Å². The Labute approximate surface area is 188 Å². The Morgan fingerprint density at radius 2 is 1.74 bits per heavy atom. The van der Waals surface area contributed by atoms with Gasteiger partial charge in [-0.25, -0.2) is 4.98 Å². The number of nitrogens with one attached hydrogen (secondary N) is 2. The molecule has 0 bridgehead atoms. The van der Waals surface area contributed by atoms with E-state index in [1.54, 1.807) is 30.7 Å². The van der Waals surface area contributed by atoms with Crippen molar-refractivity contribution in [2.45, 2.75) is 37.6 Å². The molecule has 6 nitrogen and oxygen atoms in total. The molecule has 3 aromatic rings. The average molecular weight is 434 g/mol. The van der Waals surface area contributed by atoms with Crippen LogP contribution < -0.4 is 10.6 Å². The summed E-state index contributed by atoms with van der Waals surface area (Å²) in [6, 6.07) is 17.5. The Morgan fingerprint density at radius 3 is 2.42 bits per heavy atom. The summed E-state index contributed by atoms with van der Waals surface area (Å²) in [6.07, 6.45) is 9.09. The molecule has 0 radical (unpaired) electrons. The van der Waals surface area contributed by atoms with Crippen molar-refractivity contribution in [2.24, 2.45) is 0 Å². The third-order valence-corrected chi connectivity index (χ3v) is 5.63. The normalized spacial score (nSPS) is 14.2. The number of hydrogen-bond donors (Lipinski definition) is 2. The first-order valence-corrected chi connectivity index (χ1v) is 10.1. The third-order valence-electron chi connectivity index (χ3n) is 5.63. The number of aromatic nitrogens is 2. The molecule has 1 fully saturated rings. The molecule has 2 heterocycles. The van der Waals surface area contributed by atoms with Crippen LogP contribution in [0.3, 0.4) is 0 Å². The molecule has 2 N–H and O–H groups in total. The highest BCUT2D eigenvalue weighted by atomic mass is 35.5. The highest BCUT2D eigenvalue weighted by Crippen LogP contribution is 2.40. The molecule has 31 heavy (non-hydrogen) atoms. The summed E-state index contributed by atoms with van der Waals surface area (Å²) in [4.78, 5) is 21.2. The molecule has 7 heteroatoms. The summed E-state index contributed by atoms with van der Waals surface area (Å²) in [5.41, 5.74) is 2.87. The Bertz CT molecular complexity index is 1060. The number of amides is 1. The molecule has 0 aliphatic heterocycles. The number of hydrogen-bond acceptors (Lipinski definition) is 5. The minimum absolute atomic E-state index is 0. The van der Waals surface area contributed by atoms with Crippen molar-refractivity contribution in [3.05, 3.63) is 83.8 Å². The van der Waals surface area contributed by atoms with Gasteiger partial charge in [-0.3, -0.25) is 9.78 Å². The maximum Gasteiger partial charge on any atom is 0.259 e. The minimum Gasteiger partial charge on any atom is -0.365 e. The molecule has 4 rings (SSSR count). The lowest BCUT2D eigenvalue weighted by Gasteiger charge is -2.21. The van der Waals surface area contributed by atoms with Crippen LogP contribution in [0, 0.1) is 11.3 Å². The highest BCUT2D eigenvalue weighted by Gasteiger charge is 2.35. The zero-order valence-corrected chi connectivity index (χ0v) is 17.9. The molecule has 1 aliphatic rings. The van der Waals surface area contributed by atoms with Crippen LogP contribution in [-0.4, -0.2) is 15.9 Å². The van der Waals surface area contributed by atoms with Crippen LogP contribution in [-0.2, 0) is 12.0 Å². The van der Waals surface area contributed by atoms with E-state index in [-0.39, 0.29) is 23.7 Å². The standard InChI is InChI=1S/C24H23N5O.ClH/c25-17-24(11-1-2-12-24)19-5-7-20(8-6-19)29-23(30)21-4-3-13-27-22(21)28-16-18-9-14-26-15-10-18;/h3-10,13-15H,1-2,11-12,16H2,(H,27,28)(H,29,30);1H. The number of rotatable bonds is 6. The van der Waals surface area contributed by atoms with Gasteiger partial charge >= 0.3 is 0 Å². The van der Waals surface area contributed by atoms with E-state index in [1.807, 2.05) is 36.4 Å². The second-order valence-corrected chi connectivity index (χ2v) is 7.54. The maximum atomic E-state index is 12.9. The van der Waals surface area contributed by atoms with E-state index in [4.69, 9.17) is 0 Å². The predicted molar refractivity (Wildman–Crippen MR) is 123 cm³/mol. The lowest BCUT2D eigenvalue weighted by atomic mass is 9.80. The molecular weight excluding hydrogens is 410 g/mol. The van der Waals surface area contributed by atoms with E-state index in [9.17, 15) is 10.1 Å². The summed E-state index contributed by atoms with van der Waals surface area (Å²) < 4.78 is 0. The van der Waals surface area contributed by atoms with E-state index >= 15 is 0 Å². The van der Waals surface area contributed by atoms with Gasteiger partial charge in [-0.1, -0.05) is 25.0 Å². The first-order valence-electron chi connectivity index (χ1n) is 10.1. The quantitative estimate of drug-likeness (QED) is 0.564.